The van der Waals surface area contributed by atoms with Crippen molar-refractivity contribution in [2.45, 2.75) is 19.4 Å². The zero-order valence-corrected chi connectivity index (χ0v) is 11.6. The number of carbonyl (C=O) groups is 1. The first kappa shape index (κ1) is 12.6. The van der Waals surface area contributed by atoms with Gasteiger partial charge in [-0.25, -0.2) is 0 Å². The standard InChI is InChI=1S/C11H10Cl2N2OS/c1-11(2,6-16)15-3-8(12)10(14-15)7-4-17-5-9(7)13/h3-6H,1-2H3. The van der Waals surface area contributed by atoms with Gasteiger partial charge in [0.1, 0.15) is 17.5 Å². The van der Waals surface area contributed by atoms with Gasteiger partial charge in [-0.2, -0.15) is 16.4 Å². The van der Waals surface area contributed by atoms with Crippen molar-refractivity contribution in [3.8, 4) is 11.3 Å². The first-order valence-electron chi connectivity index (χ1n) is 4.90. The predicted molar refractivity (Wildman–Crippen MR) is 70.9 cm³/mol. The lowest BCUT2D eigenvalue weighted by Gasteiger charge is -2.16. The largest absolute Gasteiger partial charge is 0.301 e. The Balaban J connectivity index is 2.52. The molecule has 2 aromatic rings. The molecular formula is C11H10Cl2N2OS. The highest BCUT2D eigenvalue weighted by Crippen LogP contribution is 2.35. The highest BCUT2D eigenvalue weighted by molar-refractivity contribution is 7.09. The third-order valence-corrected chi connectivity index (χ3v) is 3.88. The topological polar surface area (TPSA) is 34.9 Å². The molecule has 0 N–H and O–H groups in total. The number of nitrogens with zero attached hydrogens (tertiary/aromatic N) is 2. The Labute approximate surface area is 113 Å². The molecule has 3 nitrogen and oxygen atoms in total. The smallest absolute Gasteiger partial charge is 0.147 e. The van der Waals surface area contributed by atoms with Gasteiger partial charge in [-0.3, -0.25) is 4.68 Å². The summed E-state index contributed by atoms with van der Waals surface area (Å²) >= 11 is 13.6. The molecule has 0 radical (unpaired) electrons. The summed E-state index contributed by atoms with van der Waals surface area (Å²) in [5.41, 5.74) is 0.680. The van der Waals surface area contributed by atoms with E-state index in [0.29, 0.717) is 15.7 Å². The summed E-state index contributed by atoms with van der Waals surface area (Å²) < 4.78 is 1.55. The maximum absolute atomic E-state index is 11.0. The average molecular weight is 289 g/mol. The Bertz CT molecular complexity index is 560. The van der Waals surface area contributed by atoms with E-state index in [4.69, 9.17) is 23.2 Å². The van der Waals surface area contributed by atoms with E-state index >= 15 is 0 Å². The number of aldehydes is 1. The van der Waals surface area contributed by atoms with Gasteiger partial charge in [-0.05, 0) is 13.8 Å². The van der Waals surface area contributed by atoms with Crippen LogP contribution in [0.25, 0.3) is 11.3 Å². The fourth-order valence-corrected chi connectivity index (χ4v) is 2.62. The lowest BCUT2D eigenvalue weighted by atomic mass is 10.1. The predicted octanol–water partition coefficient (Wildman–Crippen LogP) is 3.85. The van der Waals surface area contributed by atoms with Crippen LogP contribution in [-0.2, 0) is 10.3 Å². The van der Waals surface area contributed by atoms with Crippen LogP contribution >= 0.6 is 34.5 Å². The number of halogens is 2. The molecule has 0 unspecified atom stereocenters. The second-order valence-corrected chi connectivity index (χ2v) is 5.73. The number of thiophene rings is 1. The zero-order valence-electron chi connectivity index (χ0n) is 9.28. The second kappa shape index (κ2) is 4.44. The highest BCUT2D eigenvalue weighted by Gasteiger charge is 2.23. The fourth-order valence-electron chi connectivity index (χ4n) is 1.34. The molecule has 0 fully saturated rings. The van der Waals surface area contributed by atoms with Gasteiger partial charge in [0, 0.05) is 22.5 Å². The molecule has 2 aromatic heterocycles. The average Bonchev–Trinajstić information content (AvgIpc) is 2.85. The zero-order chi connectivity index (χ0) is 12.6. The van der Waals surface area contributed by atoms with Gasteiger partial charge in [-0.15, -0.1) is 0 Å². The van der Waals surface area contributed by atoms with E-state index in [2.05, 4.69) is 5.10 Å². The van der Waals surface area contributed by atoms with E-state index in [9.17, 15) is 4.79 Å². The van der Waals surface area contributed by atoms with E-state index in [0.717, 1.165) is 11.8 Å². The van der Waals surface area contributed by atoms with Crippen molar-refractivity contribution >= 4 is 40.8 Å². The molecule has 0 spiro atoms. The Hall–Kier alpha value is -0.840. The quantitative estimate of drug-likeness (QED) is 0.804. The van der Waals surface area contributed by atoms with Crippen molar-refractivity contribution in [1.29, 1.82) is 0 Å². The normalized spacial score (nSPS) is 11.8. The van der Waals surface area contributed by atoms with Gasteiger partial charge >= 0.3 is 0 Å². The Morgan fingerprint density at radius 2 is 2.06 bits per heavy atom. The lowest BCUT2D eigenvalue weighted by Crippen LogP contribution is -2.28. The molecule has 0 amide bonds. The molecule has 0 aliphatic heterocycles. The first-order chi connectivity index (χ1) is 7.95. The molecule has 17 heavy (non-hydrogen) atoms. The summed E-state index contributed by atoms with van der Waals surface area (Å²) in [6, 6.07) is 0. The van der Waals surface area contributed by atoms with Crippen molar-refractivity contribution in [2.24, 2.45) is 0 Å². The van der Waals surface area contributed by atoms with Gasteiger partial charge in [0.05, 0.1) is 10.0 Å². The SMILES string of the molecule is CC(C)(C=O)n1cc(Cl)c(-c2cscc2Cl)n1. The number of carbonyl (C=O) groups excluding carboxylic acids is 1. The van der Waals surface area contributed by atoms with E-state index in [1.165, 1.54) is 11.3 Å². The van der Waals surface area contributed by atoms with Gasteiger partial charge in [-0.1, -0.05) is 23.2 Å². The minimum atomic E-state index is -0.718. The third-order valence-electron chi connectivity index (χ3n) is 2.42. The van der Waals surface area contributed by atoms with Crippen molar-refractivity contribution in [2.75, 3.05) is 0 Å². The maximum Gasteiger partial charge on any atom is 0.147 e. The number of hydrogen-bond acceptors (Lipinski definition) is 3. The van der Waals surface area contributed by atoms with Crippen molar-refractivity contribution in [1.82, 2.24) is 9.78 Å². The lowest BCUT2D eigenvalue weighted by molar-refractivity contribution is -0.114. The molecule has 2 rings (SSSR count). The van der Waals surface area contributed by atoms with E-state index in [1.54, 1.807) is 24.7 Å². The van der Waals surface area contributed by atoms with Gasteiger partial charge in [0.15, 0.2) is 0 Å². The summed E-state index contributed by atoms with van der Waals surface area (Å²) in [7, 11) is 0. The molecule has 0 saturated carbocycles. The van der Waals surface area contributed by atoms with Crippen LogP contribution < -0.4 is 0 Å². The van der Waals surface area contributed by atoms with Crippen LogP contribution in [0.3, 0.4) is 0 Å². The minimum absolute atomic E-state index is 0.486. The van der Waals surface area contributed by atoms with Gasteiger partial charge in [0.2, 0.25) is 0 Å². The van der Waals surface area contributed by atoms with Crippen molar-refractivity contribution in [3.05, 3.63) is 27.0 Å². The maximum atomic E-state index is 11.0. The van der Waals surface area contributed by atoms with E-state index < -0.39 is 5.54 Å². The summed E-state index contributed by atoms with van der Waals surface area (Å²) in [6.45, 7) is 3.53. The second-order valence-electron chi connectivity index (χ2n) is 4.18. The fraction of sp³-hybridized carbons (Fsp3) is 0.273. The van der Waals surface area contributed by atoms with Crippen LogP contribution in [0.2, 0.25) is 10.0 Å². The molecule has 0 aliphatic rings. The molecule has 0 aromatic carbocycles. The van der Waals surface area contributed by atoms with Crippen molar-refractivity contribution < 1.29 is 4.79 Å². The summed E-state index contributed by atoms with van der Waals surface area (Å²) in [5, 5.41) is 9.13. The Kier molecular flexibility index (Phi) is 3.30. The molecule has 2 heterocycles. The first-order valence-corrected chi connectivity index (χ1v) is 6.59. The highest BCUT2D eigenvalue weighted by atomic mass is 35.5. The minimum Gasteiger partial charge on any atom is -0.301 e. The molecule has 0 saturated heterocycles. The van der Waals surface area contributed by atoms with E-state index in [1.807, 2.05) is 10.8 Å². The summed E-state index contributed by atoms with van der Waals surface area (Å²) in [4.78, 5) is 11.0. The summed E-state index contributed by atoms with van der Waals surface area (Å²) in [5.74, 6) is 0. The number of hydrogen-bond donors (Lipinski definition) is 0. The van der Waals surface area contributed by atoms with Crippen LogP contribution in [0.1, 0.15) is 13.8 Å². The monoisotopic (exact) mass is 288 g/mol. The molecule has 0 aliphatic carbocycles. The number of aromatic nitrogens is 2. The Morgan fingerprint density at radius 1 is 1.35 bits per heavy atom. The molecule has 90 valence electrons. The van der Waals surface area contributed by atoms with Crippen LogP contribution in [0.5, 0.6) is 0 Å². The summed E-state index contributed by atoms with van der Waals surface area (Å²) in [6.07, 6.45) is 2.47. The number of rotatable bonds is 3. The van der Waals surface area contributed by atoms with Crippen LogP contribution in [0, 0.1) is 0 Å². The van der Waals surface area contributed by atoms with Gasteiger partial charge in [0.25, 0.3) is 0 Å². The van der Waals surface area contributed by atoms with Gasteiger partial charge < -0.3 is 4.79 Å². The molecule has 0 bridgehead atoms. The Morgan fingerprint density at radius 3 is 2.59 bits per heavy atom. The molecule has 0 atom stereocenters. The van der Waals surface area contributed by atoms with Crippen LogP contribution in [0.15, 0.2) is 17.0 Å². The molecule has 6 heteroatoms. The third kappa shape index (κ3) is 2.25. The van der Waals surface area contributed by atoms with Crippen LogP contribution in [0.4, 0.5) is 0 Å². The van der Waals surface area contributed by atoms with E-state index in [-0.39, 0.29) is 0 Å². The van der Waals surface area contributed by atoms with Crippen molar-refractivity contribution in [3.63, 3.8) is 0 Å². The molecular weight excluding hydrogens is 279 g/mol. The van der Waals surface area contributed by atoms with Crippen LogP contribution in [-0.4, -0.2) is 16.1 Å².